The molecule has 72 heavy (non-hydrogen) atoms. The lowest BCUT2D eigenvalue weighted by atomic mass is 9.47. The first kappa shape index (κ1) is 52.1. The van der Waals surface area contributed by atoms with E-state index in [1.165, 1.54) is 18.1 Å². The maximum absolute atomic E-state index is 12.8. The van der Waals surface area contributed by atoms with E-state index in [9.17, 15) is 44.4 Å². The van der Waals surface area contributed by atoms with Crippen molar-refractivity contribution in [3.8, 4) is 0 Å². The van der Waals surface area contributed by atoms with Crippen LogP contribution >= 0.6 is 0 Å². The number of Topliss-reactive ketones (excluding diaryl/α,β-unsaturated/α-hetero) is 1. The number of ketones is 2. The standard InChI is InChI=1S/C34H38N4O6.C24H32O4/c1-15-21(7-9-31(41)42)27-14-28-22(8-10-32(43)44)16(2)24(36-28)12-29-34(20(6)40)18(4)26(38-29)13-30-33(19(5)39)17(3)25(37-30)11-23(15)35-27;1-14-12-18-19(22(4)9-6-17(27)13-21(14)22)7-10-23(5)20(18)8-11-24(23,15(2)25)28-16(3)26/h11-14,19-20,37-40H,7-10H2,1-6H3,(H,41,42)(H,43,44);12-13,18-20H,6-11H2,1-5H3/t;18-,19+,20+,22-,23+,24+/m.1/s1. The highest BCUT2D eigenvalue weighted by Crippen LogP contribution is 2.68. The summed E-state index contributed by atoms with van der Waals surface area (Å²) in [6, 6.07) is 7.51. The molecule has 2 saturated carbocycles. The molecule has 14 nitrogen and oxygen atoms in total. The van der Waals surface area contributed by atoms with Crippen LogP contribution in [0.2, 0.25) is 0 Å². The second-order valence-corrected chi connectivity index (χ2v) is 21.7. The number of rotatable bonds is 10. The van der Waals surface area contributed by atoms with E-state index in [0.717, 1.165) is 75.7 Å². The average Bonchev–Trinajstić information content (AvgIpc) is 4.03. The molecule has 0 aromatic carbocycles. The fourth-order valence-corrected chi connectivity index (χ4v) is 13.8. The maximum atomic E-state index is 12.8. The normalized spacial score (nSPS) is 26.3. The lowest BCUT2D eigenvalue weighted by molar-refractivity contribution is -0.185. The molecule has 8 bridgehead atoms. The Bertz CT molecular complexity index is 3120. The number of hydrogen-bond donors (Lipinski definition) is 6. The zero-order valence-electron chi connectivity index (χ0n) is 43.6. The summed E-state index contributed by atoms with van der Waals surface area (Å²) in [6.07, 6.45) is 8.02. The van der Waals surface area contributed by atoms with Gasteiger partial charge in [-0.1, -0.05) is 25.5 Å². The van der Waals surface area contributed by atoms with E-state index in [2.05, 4.69) is 36.8 Å². The number of H-pyrrole nitrogens is 2. The van der Waals surface area contributed by atoms with Crippen molar-refractivity contribution in [1.29, 1.82) is 0 Å². The van der Waals surface area contributed by atoms with Crippen molar-refractivity contribution in [3.63, 3.8) is 0 Å². The summed E-state index contributed by atoms with van der Waals surface area (Å²) in [5.41, 5.74) is 12.9. The number of aromatic nitrogens is 4. The topological polar surface area (TPSA) is 233 Å². The molecule has 6 aliphatic rings. The van der Waals surface area contributed by atoms with Gasteiger partial charge in [0, 0.05) is 64.8 Å². The van der Waals surface area contributed by atoms with Gasteiger partial charge >= 0.3 is 17.9 Å². The number of carbonyl (C=O) groups is 5. The SMILES string of the molecule is CC(=O)O[C@]1(C(C)=O)CC[C@H]2[C@@H]3C=C(C)C4=CC(=O)CC[C@]4(C)[C@H]3CC[C@@]21C.CC1=C(CCC(=O)O)c2cc3nc(cc4[nH]c(cc5[nH]c(cc1n2)c(C)c5C(C)O)c(C)c4C(C)O)C(C)=C3CCC(=O)O. The Morgan fingerprint density at radius 1 is 0.708 bits per heavy atom. The second-order valence-electron chi connectivity index (χ2n) is 21.7. The monoisotopic (exact) mass is 983 g/mol. The Labute approximate surface area is 420 Å². The van der Waals surface area contributed by atoms with Gasteiger partial charge in [-0.2, -0.15) is 0 Å². The number of ether oxygens (including phenoxy) is 1. The number of aliphatic carboxylic acids is 2. The number of aromatic amines is 2. The molecule has 2 unspecified atom stereocenters. The van der Waals surface area contributed by atoms with E-state index in [1.54, 1.807) is 20.8 Å². The minimum absolute atomic E-state index is 0.0160. The minimum atomic E-state index is -0.990. The summed E-state index contributed by atoms with van der Waals surface area (Å²) in [4.78, 5) is 76.6. The van der Waals surface area contributed by atoms with Crippen molar-refractivity contribution in [3.05, 3.63) is 92.6 Å². The first-order chi connectivity index (χ1) is 33.8. The summed E-state index contributed by atoms with van der Waals surface area (Å²) in [5, 5.41) is 40.5. The predicted molar refractivity (Wildman–Crippen MR) is 277 cm³/mol. The van der Waals surface area contributed by atoms with Gasteiger partial charge in [-0.25, -0.2) is 9.97 Å². The summed E-state index contributed by atoms with van der Waals surface area (Å²) >= 11 is 0. The third-order valence-electron chi connectivity index (χ3n) is 17.5. The molecule has 0 saturated heterocycles. The van der Waals surface area contributed by atoms with E-state index in [-0.39, 0.29) is 54.0 Å². The first-order valence-corrected chi connectivity index (χ1v) is 25.4. The molecule has 2 aliphatic heterocycles. The number of carboxylic acids is 2. The molecule has 6 N–H and O–H groups in total. The number of hydrogen-bond acceptors (Lipinski definition) is 10. The van der Waals surface area contributed by atoms with E-state index in [4.69, 9.17) is 14.7 Å². The van der Waals surface area contributed by atoms with E-state index >= 15 is 0 Å². The lowest BCUT2D eigenvalue weighted by Gasteiger charge is -2.58. The Hall–Kier alpha value is -6.25. The molecule has 3 aromatic heterocycles. The third kappa shape index (κ3) is 8.92. The number of carbonyl (C=O) groups excluding carboxylic acids is 3. The van der Waals surface area contributed by atoms with Crippen LogP contribution in [0.4, 0.5) is 0 Å². The fourth-order valence-electron chi connectivity index (χ4n) is 13.8. The molecule has 2 fully saturated rings. The van der Waals surface area contributed by atoms with Gasteiger partial charge in [0.15, 0.2) is 17.2 Å². The van der Waals surface area contributed by atoms with E-state index in [0.29, 0.717) is 70.0 Å². The summed E-state index contributed by atoms with van der Waals surface area (Å²) in [6.45, 7) is 20.7. The van der Waals surface area contributed by atoms with Crippen molar-refractivity contribution in [1.82, 2.24) is 19.9 Å². The van der Waals surface area contributed by atoms with Crippen LogP contribution in [-0.2, 0) is 28.7 Å². The fraction of sp³-hybridized carbons (Fsp3) is 0.500. The first-order valence-electron chi connectivity index (χ1n) is 25.4. The summed E-state index contributed by atoms with van der Waals surface area (Å²) in [5.74, 6) is -0.811. The molecule has 0 amide bonds. The van der Waals surface area contributed by atoms with Gasteiger partial charge in [-0.15, -0.1) is 0 Å². The number of esters is 1. The number of fused-ring (bicyclic) bond motifs is 13. The molecule has 9 rings (SSSR count). The molecule has 8 atom stereocenters. The molecule has 0 radical (unpaired) electrons. The molecule has 5 heterocycles. The van der Waals surface area contributed by atoms with Gasteiger partial charge in [-0.3, -0.25) is 24.0 Å². The van der Waals surface area contributed by atoms with Gasteiger partial charge < -0.3 is 35.1 Å². The van der Waals surface area contributed by atoms with Crippen LogP contribution in [-0.4, -0.2) is 75.4 Å². The number of aliphatic hydroxyl groups is 2. The minimum Gasteiger partial charge on any atom is -0.481 e. The number of aryl methyl sites for hydroxylation is 2. The lowest BCUT2D eigenvalue weighted by Crippen LogP contribution is -2.58. The van der Waals surface area contributed by atoms with Crippen molar-refractivity contribution in [2.45, 2.75) is 158 Å². The van der Waals surface area contributed by atoms with Crippen LogP contribution in [0, 0.1) is 42.4 Å². The zero-order chi connectivity index (χ0) is 52.5. The van der Waals surface area contributed by atoms with Gasteiger partial charge in [0.05, 0.1) is 35.0 Å². The van der Waals surface area contributed by atoms with Crippen molar-refractivity contribution in [2.24, 2.45) is 28.6 Å². The van der Waals surface area contributed by atoms with Crippen LogP contribution in [0.15, 0.2) is 47.6 Å². The van der Waals surface area contributed by atoms with Gasteiger partial charge in [0.1, 0.15) is 0 Å². The Morgan fingerprint density at radius 2 is 1.21 bits per heavy atom. The number of nitrogens with zero attached hydrogens (tertiary/aromatic N) is 2. The van der Waals surface area contributed by atoms with Crippen molar-refractivity contribution in [2.75, 3.05) is 0 Å². The van der Waals surface area contributed by atoms with E-state index in [1.807, 2.05) is 58.0 Å². The number of allylic oxidation sites excluding steroid dienone is 8. The third-order valence-corrected chi connectivity index (χ3v) is 17.5. The Morgan fingerprint density at radius 3 is 1.71 bits per heavy atom. The average molecular weight is 983 g/mol. The highest BCUT2D eigenvalue weighted by atomic mass is 16.6. The van der Waals surface area contributed by atoms with Crippen molar-refractivity contribution >= 4 is 73.8 Å². The van der Waals surface area contributed by atoms with Gasteiger partial charge in [0.2, 0.25) is 0 Å². The highest BCUT2D eigenvalue weighted by Gasteiger charge is 2.67. The summed E-state index contributed by atoms with van der Waals surface area (Å²) in [7, 11) is 0. The molecule has 14 heteroatoms. The van der Waals surface area contributed by atoms with E-state index < -0.39 is 29.7 Å². The highest BCUT2D eigenvalue weighted by molar-refractivity contribution is 5.97. The van der Waals surface area contributed by atoms with Gasteiger partial charge in [0.25, 0.3) is 0 Å². The Balaban J connectivity index is 0.000000212. The maximum Gasteiger partial charge on any atom is 0.303 e. The summed E-state index contributed by atoms with van der Waals surface area (Å²) < 4.78 is 5.82. The van der Waals surface area contributed by atoms with Crippen LogP contribution < -0.4 is 0 Å². The molecule has 3 aromatic rings. The molecule has 382 valence electrons. The molecular formula is C58H70N4O10. The molecule has 0 spiro atoms. The predicted octanol–water partition coefficient (Wildman–Crippen LogP) is 11.2. The van der Waals surface area contributed by atoms with Crippen LogP contribution in [0.3, 0.4) is 0 Å². The number of aliphatic hydroxyl groups excluding tert-OH is 2. The zero-order valence-corrected chi connectivity index (χ0v) is 43.6. The quantitative estimate of drug-likeness (QED) is 0.104. The number of nitrogens with one attached hydrogen (secondary N) is 2. The smallest absolute Gasteiger partial charge is 0.303 e. The second kappa shape index (κ2) is 19.3. The van der Waals surface area contributed by atoms with Gasteiger partial charge in [-0.05, 0) is 193 Å². The Kier molecular flexibility index (Phi) is 14.0. The number of carboxylic acid groups (broad SMARTS) is 2. The van der Waals surface area contributed by atoms with Crippen LogP contribution in [0.5, 0.6) is 0 Å². The largest absolute Gasteiger partial charge is 0.481 e. The molecular weight excluding hydrogens is 913 g/mol. The van der Waals surface area contributed by atoms with Crippen LogP contribution in [0.1, 0.15) is 184 Å². The van der Waals surface area contributed by atoms with Crippen LogP contribution in [0.25, 0.3) is 44.4 Å². The van der Waals surface area contributed by atoms with Crippen molar-refractivity contribution < 1.29 is 49.1 Å². The molecule has 4 aliphatic carbocycles.